The molecular weight excluding hydrogens is 298 g/mol. The minimum Gasteiger partial charge on any atom is -0.387 e. The highest BCUT2D eigenvalue weighted by Crippen LogP contribution is 2.27. The quantitative estimate of drug-likeness (QED) is 0.786. The van der Waals surface area contributed by atoms with Crippen molar-refractivity contribution < 1.29 is 9.90 Å². The molecule has 3 aromatic carbocycles. The number of amides is 1. The Balaban J connectivity index is 1.59. The summed E-state index contributed by atoms with van der Waals surface area (Å²) in [6, 6.07) is 22.0. The number of hydrogen-bond acceptors (Lipinski definition) is 2. The monoisotopic (exact) mass is 317 g/mol. The van der Waals surface area contributed by atoms with Crippen LogP contribution in [0.2, 0.25) is 0 Å². The summed E-state index contributed by atoms with van der Waals surface area (Å²) in [4.78, 5) is 14.5. The number of carbonyl (C=O) groups is 1. The Morgan fingerprint density at radius 2 is 1.75 bits per heavy atom. The lowest BCUT2D eigenvalue weighted by Crippen LogP contribution is -2.39. The molecule has 1 aliphatic rings. The molecule has 3 heteroatoms. The number of fused-ring (bicyclic) bond motifs is 2. The molecule has 0 bridgehead atoms. The fourth-order valence-electron chi connectivity index (χ4n) is 3.49. The van der Waals surface area contributed by atoms with Crippen LogP contribution in [0, 0.1) is 0 Å². The van der Waals surface area contributed by atoms with Gasteiger partial charge in [0.1, 0.15) is 0 Å². The fourth-order valence-corrected chi connectivity index (χ4v) is 3.49. The lowest BCUT2D eigenvalue weighted by molar-refractivity contribution is -0.133. The van der Waals surface area contributed by atoms with E-state index in [-0.39, 0.29) is 5.91 Å². The van der Waals surface area contributed by atoms with Gasteiger partial charge < -0.3 is 10.0 Å². The van der Waals surface area contributed by atoms with Gasteiger partial charge in [-0.3, -0.25) is 4.79 Å². The fraction of sp³-hybridized carbons (Fsp3) is 0.190. The molecule has 0 radical (unpaired) electrons. The lowest BCUT2D eigenvalue weighted by Gasteiger charge is -2.32. The third kappa shape index (κ3) is 2.68. The maximum atomic E-state index is 12.8. The number of aliphatic hydroxyl groups excluding tert-OH is 1. The molecule has 4 rings (SSSR count). The molecule has 0 aliphatic carbocycles. The van der Waals surface area contributed by atoms with Gasteiger partial charge >= 0.3 is 0 Å². The summed E-state index contributed by atoms with van der Waals surface area (Å²) < 4.78 is 0. The molecule has 0 unspecified atom stereocenters. The van der Waals surface area contributed by atoms with Crippen molar-refractivity contribution >= 4 is 16.7 Å². The average Bonchev–Trinajstić information content (AvgIpc) is 2.62. The van der Waals surface area contributed by atoms with Crippen LogP contribution in [0.15, 0.2) is 66.7 Å². The van der Waals surface area contributed by atoms with Crippen LogP contribution in [0.25, 0.3) is 10.8 Å². The van der Waals surface area contributed by atoms with E-state index in [0.717, 1.165) is 27.5 Å². The van der Waals surface area contributed by atoms with Crippen molar-refractivity contribution in [2.75, 3.05) is 6.54 Å². The largest absolute Gasteiger partial charge is 0.387 e. The molecule has 1 atom stereocenters. The Morgan fingerprint density at radius 3 is 2.67 bits per heavy atom. The van der Waals surface area contributed by atoms with Gasteiger partial charge in [-0.15, -0.1) is 0 Å². The lowest BCUT2D eigenvalue weighted by atomic mass is 9.96. The average molecular weight is 317 g/mol. The standard InChI is InChI=1S/C21H19NO2/c23-20-14-22(13-17-7-2-4-11-19(17)20)21(24)12-16-9-5-8-15-6-1-3-10-18(15)16/h1-11,20,23H,12-14H2/t20-/m0/s1. The number of β-amino-alcohol motifs (C(OH)–C–C–N with tert-alkyl or cyclic N) is 1. The molecule has 24 heavy (non-hydrogen) atoms. The van der Waals surface area contributed by atoms with Gasteiger partial charge in [-0.2, -0.15) is 0 Å². The van der Waals surface area contributed by atoms with Crippen LogP contribution < -0.4 is 0 Å². The first-order chi connectivity index (χ1) is 11.7. The van der Waals surface area contributed by atoms with Gasteiger partial charge in [0.2, 0.25) is 5.91 Å². The van der Waals surface area contributed by atoms with Gasteiger partial charge in [0.15, 0.2) is 0 Å². The number of nitrogens with zero attached hydrogens (tertiary/aromatic N) is 1. The Hall–Kier alpha value is -2.65. The molecule has 0 saturated heterocycles. The maximum Gasteiger partial charge on any atom is 0.227 e. The van der Waals surface area contributed by atoms with Gasteiger partial charge in [0.05, 0.1) is 19.1 Å². The summed E-state index contributed by atoms with van der Waals surface area (Å²) in [7, 11) is 0. The van der Waals surface area contributed by atoms with E-state index in [4.69, 9.17) is 0 Å². The van der Waals surface area contributed by atoms with Crippen molar-refractivity contribution in [3.8, 4) is 0 Å². The Bertz CT molecular complexity index is 898. The Labute approximate surface area is 141 Å². The van der Waals surface area contributed by atoms with Crippen LogP contribution in [0.5, 0.6) is 0 Å². The predicted molar refractivity (Wildman–Crippen MR) is 94.5 cm³/mol. The van der Waals surface area contributed by atoms with Gasteiger partial charge in [-0.05, 0) is 27.5 Å². The summed E-state index contributed by atoms with van der Waals surface area (Å²) >= 11 is 0. The van der Waals surface area contributed by atoms with E-state index in [1.807, 2.05) is 48.5 Å². The van der Waals surface area contributed by atoms with Crippen LogP contribution in [0.1, 0.15) is 22.8 Å². The summed E-state index contributed by atoms with van der Waals surface area (Å²) in [6.45, 7) is 0.928. The second kappa shape index (κ2) is 6.10. The highest BCUT2D eigenvalue weighted by atomic mass is 16.3. The van der Waals surface area contributed by atoms with Crippen LogP contribution >= 0.6 is 0 Å². The molecule has 3 aromatic rings. The zero-order valence-corrected chi connectivity index (χ0v) is 13.4. The van der Waals surface area contributed by atoms with E-state index in [0.29, 0.717) is 19.5 Å². The normalized spacial score (nSPS) is 16.9. The zero-order valence-electron chi connectivity index (χ0n) is 13.4. The summed E-state index contributed by atoms with van der Waals surface area (Å²) in [5.74, 6) is 0.0555. The zero-order chi connectivity index (χ0) is 16.5. The van der Waals surface area contributed by atoms with Crippen molar-refractivity contribution in [3.05, 3.63) is 83.4 Å². The topological polar surface area (TPSA) is 40.5 Å². The van der Waals surface area contributed by atoms with Crippen LogP contribution in [0.3, 0.4) is 0 Å². The number of hydrogen-bond donors (Lipinski definition) is 1. The smallest absolute Gasteiger partial charge is 0.227 e. The third-order valence-electron chi connectivity index (χ3n) is 4.74. The van der Waals surface area contributed by atoms with Crippen LogP contribution in [-0.2, 0) is 17.8 Å². The Kier molecular flexibility index (Phi) is 3.79. The van der Waals surface area contributed by atoms with Crippen LogP contribution in [-0.4, -0.2) is 22.5 Å². The summed E-state index contributed by atoms with van der Waals surface area (Å²) in [5, 5.41) is 12.6. The SMILES string of the molecule is O=C(Cc1cccc2ccccc12)N1Cc2ccccc2[C@@H](O)C1. The second-order valence-electron chi connectivity index (χ2n) is 6.30. The van der Waals surface area contributed by atoms with Crippen molar-refractivity contribution in [1.29, 1.82) is 0 Å². The molecule has 1 heterocycles. The first-order valence-electron chi connectivity index (χ1n) is 8.22. The maximum absolute atomic E-state index is 12.8. The number of benzene rings is 3. The molecule has 1 amide bonds. The van der Waals surface area contributed by atoms with Crippen LogP contribution in [0.4, 0.5) is 0 Å². The van der Waals surface area contributed by atoms with Gasteiger partial charge in [-0.1, -0.05) is 66.7 Å². The number of aliphatic hydroxyl groups is 1. The first-order valence-corrected chi connectivity index (χ1v) is 8.22. The first kappa shape index (κ1) is 14.9. The van der Waals surface area contributed by atoms with Gasteiger partial charge in [0, 0.05) is 6.54 Å². The molecule has 0 aromatic heterocycles. The van der Waals surface area contributed by atoms with E-state index in [1.54, 1.807) is 4.90 Å². The molecule has 1 aliphatic heterocycles. The van der Waals surface area contributed by atoms with Crippen molar-refractivity contribution in [2.45, 2.75) is 19.1 Å². The van der Waals surface area contributed by atoms with Crippen molar-refractivity contribution in [1.82, 2.24) is 4.90 Å². The number of carbonyl (C=O) groups excluding carboxylic acids is 1. The molecule has 0 spiro atoms. The highest BCUT2D eigenvalue weighted by Gasteiger charge is 2.26. The van der Waals surface area contributed by atoms with Gasteiger partial charge in [0.25, 0.3) is 0 Å². The molecular formula is C21H19NO2. The minimum absolute atomic E-state index is 0.0555. The molecule has 3 nitrogen and oxygen atoms in total. The van der Waals surface area contributed by atoms with Crippen molar-refractivity contribution in [3.63, 3.8) is 0 Å². The van der Waals surface area contributed by atoms with E-state index in [1.165, 1.54) is 0 Å². The Morgan fingerprint density at radius 1 is 1.00 bits per heavy atom. The highest BCUT2D eigenvalue weighted by molar-refractivity contribution is 5.90. The van der Waals surface area contributed by atoms with E-state index in [2.05, 4.69) is 18.2 Å². The third-order valence-corrected chi connectivity index (χ3v) is 4.74. The van der Waals surface area contributed by atoms with E-state index in [9.17, 15) is 9.90 Å². The van der Waals surface area contributed by atoms with Gasteiger partial charge in [-0.25, -0.2) is 0 Å². The molecule has 1 N–H and O–H groups in total. The summed E-state index contributed by atoms with van der Waals surface area (Å²) in [6.07, 6.45) is -0.248. The number of rotatable bonds is 2. The van der Waals surface area contributed by atoms with Crippen molar-refractivity contribution in [2.24, 2.45) is 0 Å². The molecule has 120 valence electrons. The predicted octanol–water partition coefficient (Wildman–Crippen LogP) is 3.46. The molecule has 0 fully saturated rings. The van der Waals surface area contributed by atoms with E-state index >= 15 is 0 Å². The minimum atomic E-state index is -0.605. The van der Waals surface area contributed by atoms with E-state index < -0.39 is 6.10 Å². The molecule has 0 saturated carbocycles. The summed E-state index contributed by atoms with van der Waals surface area (Å²) in [5.41, 5.74) is 3.00. The second-order valence-corrected chi connectivity index (χ2v) is 6.30.